The van der Waals surface area contributed by atoms with Gasteiger partial charge in [-0.2, -0.15) is 0 Å². The van der Waals surface area contributed by atoms with Crippen molar-refractivity contribution in [3.8, 4) is 0 Å². The Morgan fingerprint density at radius 2 is 2.32 bits per heavy atom. The number of rotatable bonds is 5. The van der Waals surface area contributed by atoms with Crippen LogP contribution in [0, 0.1) is 0 Å². The van der Waals surface area contributed by atoms with Crippen molar-refractivity contribution in [1.29, 1.82) is 0 Å². The van der Waals surface area contributed by atoms with Crippen molar-refractivity contribution in [2.75, 3.05) is 7.11 Å². The van der Waals surface area contributed by atoms with Crippen molar-refractivity contribution in [3.63, 3.8) is 0 Å². The number of sulfonamides is 1. The zero-order valence-electron chi connectivity index (χ0n) is 10.4. The average Bonchev–Trinajstić information content (AvgIpc) is 2.95. The Kier molecular flexibility index (Phi) is 5.02. The first-order valence-electron chi connectivity index (χ1n) is 5.92. The van der Waals surface area contributed by atoms with E-state index >= 15 is 0 Å². The molecule has 2 rings (SSSR count). The Bertz CT molecular complexity index is 543. The average molecular weight is 370 g/mol. The molecular formula is C11H16BrNO4S2. The molecule has 108 valence electrons. The smallest absolute Gasteiger partial charge is 0.242 e. The summed E-state index contributed by atoms with van der Waals surface area (Å²) < 4.78 is 33.1. The van der Waals surface area contributed by atoms with Gasteiger partial charge in [-0.1, -0.05) is 0 Å². The van der Waals surface area contributed by atoms with E-state index in [1.165, 1.54) is 17.4 Å². The lowest BCUT2D eigenvalue weighted by Gasteiger charge is -2.19. The summed E-state index contributed by atoms with van der Waals surface area (Å²) in [6.07, 6.45) is 2.55. The van der Waals surface area contributed by atoms with E-state index in [9.17, 15) is 8.42 Å². The molecule has 1 aromatic heterocycles. The van der Waals surface area contributed by atoms with Gasteiger partial charge < -0.3 is 9.84 Å². The minimum atomic E-state index is -3.58. The molecule has 0 aromatic carbocycles. The van der Waals surface area contributed by atoms with Crippen LogP contribution in [-0.2, 0) is 21.4 Å². The van der Waals surface area contributed by atoms with Crippen LogP contribution in [0.2, 0.25) is 0 Å². The Balaban J connectivity index is 2.20. The van der Waals surface area contributed by atoms with Crippen molar-refractivity contribution in [3.05, 3.63) is 14.7 Å². The molecule has 0 saturated heterocycles. The molecule has 1 aliphatic rings. The van der Waals surface area contributed by atoms with Gasteiger partial charge in [-0.25, -0.2) is 13.1 Å². The molecule has 1 aromatic rings. The maximum atomic E-state index is 12.3. The lowest BCUT2D eigenvalue weighted by Crippen LogP contribution is -2.40. The summed E-state index contributed by atoms with van der Waals surface area (Å²) in [7, 11) is -1.99. The molecule has 5 nitrogen and oxygen atoms in total. The van der Waals surface area contributed by atoms with Crippen LogP contribution in [-0.4, -0.2) is 32.8 Å². The third-order valence-electron chi connectivity index (χ3n) is 3.21. The molecule has 2 atom stereocenters. The maximum Gasteiger partial charge on any atom is 0.242 e. The van der Waals surface area contributed by atoms with Crippen LogP contribution in [0.15, 0.2) is 14.7 Å². The fourth-order valence-electron chi connectivity index (χ4n) is 2.26. The molecule has 2 unspecified atom stereocenters. The fourth-order valence-corrected chi connectivity index (χ4v) is 6.11. The minimum absolute atomic E-state index is 0.0653. The van der Waals surface area contributed by atoms with Gasteiger partial charge in [0.05, 0.1) is 16.5 Å². The monoisotopic (exact) mass is 369 g/mol. The number of aliphatic hydroxyl groups is 1. The summed E-state index contributed by atoms with van der Waals surface area (Å²) in [6.45, 7) is -0.164. The summed E-state index contributed by atoms with van der Waals surface area (Å²) in [5.74, 6) is 0. The van der Waals surface area contributed by atoms with E-state index in [1.807, 2.05) is 0 Å². The standard InChI is InChI=1S/C11H16BrNO4S2/c1-17-9-4-2-3-8(9)13-19(15,16)10-5-7(6-14)18-11(10)12/h5,8-9,13-14H,2-4,6H2,1H3. The number of hydrogen-bond donors (Lipinski definition) is 2. The zero-order chi connectivity index (χ0) is 14.0. The molecule has 2 N–H and O–H groups in total. The van der Waals surface area contributed by atoms with E-state index < -0.39 is 10.0 Å². The molecule has 1 fully saturated rings. The molecule has 1 saturated carbocycles. The first-order valence-corrected chi connectivity index (χ1v) is 9.01. The van der Waals surface area contributed by atoms with Crippen molar-refractivity contribution >= 4 is 37.3 Å². The minimum Gasteiger partial charge on any atom is -0.391 e. The van der Waals surface area contributed by atoms with Crippen LogP contribution < -0.4 is 4.72 Å². The second-order valence-corrected chi connectivity index (χ2v) is 8.58. The second kappa shape index (κ2) is 6.19. The van der Waals surface area contributed by atoms with Gasteiger partial charge in [-0.05, 0) is 41.3 Å². The van der Waals surface area contributed by atoms with Gasteiger partial charge in [0.25, 0.3) is 0 Å². The highest BCUT2D eigenvalue weighted by Crippen LogP contribution is 2.32. The molecule has 0 aliphatic heterocycles. The predicted octanol–water partition coefficient (Wildman–Crippen LogP) is 1.85. The van der Waals surface area contributed by atoms with E-state index in [-0.39, 0.29) is 23.6 Å². The number of halogens is 1. The zero-order valence-corrected chi connectivity index (χ0v) is 13.6. The van der Waals surface area contributed by atoms with Crippen LogP contribution in [0.25, 0.3) is 0 Å². The Labute approximate surface area is 125 Å². The Morgan fingerprint density at radius 1 is 1.58 bits per heavy atom. The molecule has 0 radical (unpaired) electrons. The SMILES string of the molecule is COC1CCCC1NS(=O)(=O)c1cc(CO)sc1Br. The number of aliphatic hydroxyl groups excluding tert-OH is 1. The Morgan fingerprint density at radius 3 is 2.89 bits per heavy atom. The van der Waals surface area contributed by atoms with Gasteiger partial charge in [-0.3, -0.25) is 0 Å². The maximum absolute atomic E-state index is 12.3. The van der Waals surface area contributed by atoms with E-state index in [2.05, 4.69) is 20.7 Å². The first-order chi connectivity index (χ1) is 8.97. The molecule has 0 bridgehead atoms. The van der Waals surface area contributed by atoms with Gasteiger partial charge in [-0.15, -0.1) is 11.3 Å². The molecular weight excluding hydrogens is 354 g/mol. The van der Waals surface area contributed by atoms with Crippen molar-refractivity contribution in [2.45, 2.75) is 42.9 Å². The van der Waals surface area contributed by atoms with Crippen LogP contribution in [0.3, 0.4) is 0 Å². The molecule has 19 heavy (non-hydrogen) atoms. The first kappa shape index (κ1) is 15.4. The van der Waals surface area contributed by atoms with Gasteiger partial charge in [0.2, 0.25) is 10.0 Å². The molecule has 8 heteroatoms. The molecule has 1 heterocycles. The quantitative estimate of drug-likeness (QED) is 0.830. The van der Waals surface area contributed by atoms with E-state index in [4.69, 9.17) is 9.84 Å². The van der Waals surface area contributed by atoms with Crippen LogP contribution in [0.4, 0.5) is 0 Å². The third kappa shape index (κ3) is 3.37. The summed E-state index contributed by atoms with van der Waals surface area (Å²) in [6, 6.07) is 1.31. The van der Waals surface area contributed by atoms with Crippen LogP contribution >= 0.6 is 27.3 Å². The van der Waals surface area contributed by atoms with E-state index in [0.29, 0.717) is 8.66 Å². The van der Waals surface area contributed by atoms with Gasteiger partial charge in [0.15, 0.2) is 0 Å². The van der Waals surface area contributed by atoms with Crippen molar-refractivity contribution in [1.82, 2.24) is 4.72 Å². The van der Waals surface area contributed by atoms with Gasteiger partial charge in [0, 0.05) is 18.0 Å². The highest BCUT2D eigenvalue weighted by molar-refractivity contribution is 9.11. The lowest BCUT2D eigenvalue weighted by molar-refractivity contribution is 0.0916. The summed E-state index contributed by atoms with van der Waals surface area (Å²) in [5.41, 5.74) is 0. The highest BCUT2D eigenvalue weighted by Gasteiger charge is 2.32. The lowest BCUT2D eigenvalue weighted by atomic mass is 10.2. The Hall–Kier alpha value is 0.01000. The summed E-state index contributed by atoms with van der Waals surface area (Å²) in [5, 5.41) is 9.06. The fraction of sp³-hybridized carbons (Fsp3) is 0.636. The molecule has 0 amide bonds. The highest BCUT2D eigenvalue weighted by atomic mass is 79.9. The summed E-state index contributed by atoms with van der Waals surface area (Å²) in [4.78, 5) is 0.797. The number of nitrogens with one attached hydrogen (secondary N) is 1. The van der Waals surface area contributed by atoms with Gasteiger partial charge in [0.1, 0.15) is 4.90 Å². The molecule has 0 spiro atoms. The van der Waals surface area contributed by atoms with Crippen LogP contribution in [0.5, 0.6) is 0 Å². The predicted molar refractivity (Wildman–Crippen MR) is 76.7 cm³/mol. The third-order valence-corrected chi connectivity index (χ3v) is 6.94. The largest absolute Gasteiger partial charge is 0.391 e. The van der Waals surface area contributed by atoms with Crippen LogP contribution in [0.1, 0.15) is 24.1 Å². The molecule has 1 aliphatic carbocycles. The number of methoxy groups -OCH3 is 1. The number of thiophene rings is 1. The second-order valence-electron chi connectivity index (χ2n) is 4.44. The topological polar surface area (TPSA) is 75.6 Å². The van der Waals surface area contributed by atoms with Gasteiger partial charge >= 0.3 is 0 Å². The normalized spacial score (nSPS) is 23.9. The van der Waals surface area contributed by atoms with E-state index in [0.717, 1.165) is 19.3 Å². The van der Waals surface area contributed by atoms with E-state index in [1.54, 1.807) is 7.11 Å². The number of ether oxygens (including phenoxy) is 1. The summed E-state index contributed by atoms with van der Waals surface area (Å²) >= 11 is 4.45. The van der Waals surface area contributed by atoms with Crippen molar-refractivity contribution < 1.29 is 18.3 Å². The van der Waals surface area contributed by atoms with Crippen molar-refractivity contribution in [2.24, 2.45) is 0 Å². The number of hydrogen-bond acceptors (Lipinski definition) is 5.